The van der Waals surface area contributed by atoms with E-state index >= 15 is 0 Å². The molecule has 0 amide bonds. The highest BCUT2D eigenvalue weighted by Crippen LogP contribution is 2.24. The molecule has 4 nitrogen and oxygen atoms in total. The van der Waals surface area contributed by atoms with Gasteiger partial charge < -0.3 is 5.32 Å². The molecule has 0 aliphatic rings. The van der Waals surface area contributed by atoms with Gasteiger partial charge in [-0.1, -0.05) is 13.3 Å². The molecule has 0 saturated heterocycles. The first kappa shape index (κ1) is 15.7. The maximum absolute atomic E-state index is 12.1. The van der Waals surface area contributed by atoms with Crippen molar-refractivity contribution >= 4 is 48.9 Å². The first-order valence-electron chi connectivity index (χ1n) is 6.34. The maximum atomic E-state index is 12.1. The molecule has 0 aliphatic carbocycles. The third-order valence-electron chi connectivity index (χ3n) is 2.84. The molecule has 2 heterocycles. The van der Waals surface area contributed by atoms with Crippen molar-refractivity contribution in [1.29, 1.82) is 0 Å². The lowest BCUT2D eigenvalue weighted by atomic mass is 10.3. The Balaban J connectivity index is 2.11. The van der Waals surface area contributed by atoms with Gasteiger partial charge in [-0.05, 0) is 49.7 Å². The molecule has 2 aromatic rings. The van der Waals surface area contributed by atoms with Crippen LogP contribution in [0, 0.1) is 0 Å². The van der Waals surface area contributed by atoms with E-state index in [1.165, 1.54) is 9.56 Å². The third kappa shape index (κ3) is 3.71. The second-order valence-electron chi connectivity index (χ2n) is 4.30. The summed E-state index contributed by atoms with van der Waals surface area (Å²) in [5.74, 6) is 0. The zero-order valence-electron chi connectivity index (χ0n) is 11.0. The number of nitrogens with one attached hydrogen (secondary N) is 1. The van der Waals surface area contributed by atoms with Crippen molar-refractivity contribution in [2.45, 2.75) is 32.9 Å². The molecule has 0 fully saturated rings. The van der Waals surface area contributed by atoms with Gasteiger partial charge in [0.05, 0.1) is 18.4 Å². The molecular formula is C13H15Br2N3OS. The van der Waals surface area contributed by atoms with Crippen molar-refractivity contribution in [1.82, 2.24) is 9.78 Å². The average molecular weight is 421 g/mol. The van der Waals surface area contributed by atoms with Crippen LogP contribution in [-0.4, -0.2) is 9.78 Å². The molecule has 0 aromatic carbocycles. The van der Waals surface area contributed by atoms with E-state index in [0.29, 0.717) is 17.6 Å². The summed E-state index contributed by atoms with van der Waals surface area (Å²) in [4.78, 5) is 13.3. The highest BCUT2D eigenvalue weighted by Gasteiger charge is 2.09. The molecule has 0 unspecified atom stereocenters. The molecule has 0 spiro atoms. The van der Waals surface area contributed by atoms with Crippen LogP contribution in [0.15, 0.2) is 31.4 Å². The summed E-state index contributed by atoms with van der Waals surface area (Å²) in [5.41, 5.74) is 0.636. The summed E-state index contributed by atoms with van der Waals surface area (Å²) in [6, 6.07) is 2.01. The average Bonchev–Trinajstić information content (AvgIpc) is 2.85. The molecule has 0 atom stereocenters. The van der Waals surface area contributed by atoms with Gasteiger partial charge in [0, 0.05) is 15.9 Å². The number of rotatable bonds is 6. The minimum Gasteiger partial charge on any atom is -0.378 e. The van der Waals surface area contributed by atoms with Crippen molar-refractivity contribution in [3.05, 3.63) is 41.8 Å². The summed E-state index contributed by atoms with van der Waals surface area (Å²) in [6.45, 7) is 3.41. The molecule has 7 heteroatoms. The van der Waals surface area contributed by atoms with Crippen LogP contribution in [0.25, 0.3) is 0 Å². The second kappa shape index (κ2) is 7.38. The summed E-state index contributed by atoms with van der Waals surface area (Å²) in [7, 11) is 0. The van der Waals surface area contributed by atoms with Gasteiger partial charge in [-0.2, -0.15) is 5.10 Å². The Bertz CT molecular complexity index is 639. The van der Waals surface area contributed by atoms with E-state index in [2.05, 4.69) is 49.2 Å². The quantitative estimate of drug-likeness (QED) is 0.759. The van der Waals surface area contributed by atoms with Crippen LogP contribution in [0.1, 0.15) is 24.6 Å². The van der Waals surface area contributed by atoms with E-state index in [9.17, 15) is 4.79 Å². The van der Waals surface area contributed by atoms with Gasteiger partial charge in [0.2, 0.25) is 0 Å². The topological polar surface area (TPSA) is 46.9 Å². The predicted octanol–water partition coefficient (Wildman–Crippen LogP) is 4.24. The number of aromatic nitrogens is 2. The third-order valence-corrected chi connectivity index (χ3v) is 5.53. The standard InChI is InChI=1S/C13H15Br2N3OS/c1-2-3-5-18-13(19)12(15)10(7-17-18)16-8-11-9(14)4-6-20-11/h4,6-7,16H,2-3,5,8H2,1H3. The van der Waals surface area contributed by atoms with Crippen LogP contribution in [0.4, 0.5) is 5.69 Å². The maximum Gasteiger partial charge on any atom is 0.283 e. The summed E-state index contributed by atoms with van der Waals surface area (Å²) < 4.78 is 3.12. The van der Waals surface area contributed by atoms with Gasteiger partial charge in [0.1, 0.15) is 4.47 Å². The van der Waals surface area contributed by atoms with Gasteiger partial charge in [-0.25, -0.2) is 4.68 Å². The lowest BCUT2D eigenvalue weighted by molar-refractivity contribution is 0.541. The number of nitrogens with zero attached hydrogens (tertiary/aromatic N) is 2. The normalized spacial score (nSPS) is 10.8. The van der Waals surface area contributed by atoms with E-state index in [4.69, 9.17) is 0 Å². The molecule has 20 heavy (non-hydrogen) atoms. The Labute approximate surface area is 138 Å². The number of halogens is 2. The molecule has 0 saturated carbocycles. The SMILES string of the molecule is CCCCn1ncc(NCc2sccc2Br)c(Br)c1=O. The van der Waals surface area contributed by atoms with Gasteiger partial charge >= 0.3 is 0 Å². The van der Waals surface area contributed by atoms with Gasteiger partial charge in [-0.3, -0.25) is 4.79 Å². The Morgan fingerprint density at radius 3 is 2.90 bits per heavy atom. The van der Waals surface area contributed by atoms with E-state index in [-0.39, 0.29) is 5.56 Å². The molecule has 108 valence electrons. The fourth-order valence-corrected chi connectivity index (χ4v) is 3.56. The number of aryl methyl sites for hydroxylation is 1. The monoisotopic (exact) mass is 419 g/mol. The van der Waals surface area contributed by atoms with Crippen molar-refractivity contribution in [2.24, 2.45) is 0 Å². The van der Waals surface area contributed by atoms with Crippen LogP contribution in [-0.2, 0) is 13.1 Å². The highest BCUT2D eigenvalue weighted by molar-refractivity contribution is 9.11. The van der Waals surface area contributed by atoms with Crippen LogP contribution in [0.5, 0.6) is 0 Å². The first-order valence-corrected chi connectivity index (χ1v) is 8.81. The number of unbranched alkanes of at least 4 members (excludes halogenated alkanes) is 1. The smallest absolute Gasteiger partial charge is 0.283 e. The largest absolute Gasteiger partial charge is 0.378 e. The van der Waals surface area contributed by atoms with Gasteiger partial charge in [0.15, 0.2) is 0 Å². The first-order chi connectivity index (χ1) is 9.63. The van der Waals surface area contributed by atoms with E-state index < -0.39 is 0 Å². The summed E-state index contributed by atoms with van der Waals surface area (Å²) in [6.07, 6.45) is 3.69. The van der Waals surface area contributed by atoms with Crippen molar-refractivity contribution in [3.63, 3.8) is 0 Å². The molecule has 0 radical (unpaired) electrons. The Kier molecular flexibility index (Phi) is 5.80. The van der Waals surface area contributed by atoms with Crippen LogP contribution in [0.3, 0.4) is 0 Å². The summed E-state index contributed by atoms with van der Waals surface area (Å²) >= 11 is 8.52. The number of hydrogen-bond acceptors (Lipinski definition) is 4. The van der Waals surface area contributed by atoms with E-state index in [0.717, 1.165) is 23.0 Å². The second-order valence-corrected chi connectivity index (χ2v) is 6.95. The number of anilines is 1. The Morgan fingerprint density at radius 2 is 2.25 bits per heavy atom. The van der Waals surface area contributed by atoms with Crippen LogP contribution >= 0.6 is 43.2 Å². The van der Waals surface area contributed by atoms with Gasteiger partial charge in [-0.15, -0.1) is 11.3 Å². The van der Waals surface area contributed by atoms with Crippen molar-refractivity contribution in [3.8, 4) is 0 Å². The molecule has 0 aliphatic heterocycles. The van der Waals surface area contributed by atoms with Crippen LogP contribution < -0.4 is 10.9 Å². The lowest BCUT2D eigenvalue weighted by Crippen LogP contribution is -2.24. The fourth-order valence-electron chi connectivity index (χ4n) is 1.68. The van der Waals surface area contributed by atoms with Crippen LogP contribution in [0.2, 0.25) is 0 Å². The minimum atomic E-state index is -0.0892. The molecule has 2 aromatic heterocycles. The Morgan fingerprint density at radius 1 is 1.45 bits per heavy atom. The van der Waals surface area contributed by atoms with E-state index in [1.54, 1.807) is 17.5 Å². The van der Waals surface area contributed by atoms with Crippen molar-refractivity contribution < 1.29 is 0 Å². The van der Waals surface area contributed by atoms with E-state index in [1.807, 2.05) is 11.4 Å². The summed E-state index contributed by atoms with van der Waals surface area (Å²) in [5, 5.41) is 9.47. The number of hydrogen-bond donors (Lipinski definition) is 1. The van der Waals surface area contributed by atoms with Crippen molar-refractivity contribution in [2.75, 3.05) is 5.32 Å². The predicted molar refractivity (Wildman–Crippen MR) is 90.5 cm³/mol. The molecule has 0 bridgehead atoms. The lowest BCUT2D eigenvalue weighted by Gasteiger charge is -2.10. The zero-order valence-corrected chi connectivity index (χ0v) is 15.0. The zero-order chi connectivity index (χ0) is 14.5. The van der Waals surface area contributed by atoms with Gasteiger partial charge in [0.25, 0.3) is 5.56 Å². The molecule has 1 N–H and O–H groups in total. The molecular weight excluding hydrogens is 406 g/mol. The number of thiophene rings is 1. The fraction of sp³-hybridized carbons (Fsp3) is 0.385. The minimum absolute atomic E-state index is 0.0892. The highest BCUT2D eigenvalue weighted by atomic mass is 79.9. The Hall–Kier alpha value is -0.660. The molecule has 2 rings (SSSR count).